The van der Waals surface area contributed by atoms with E-state index in [0.29, 0.717) is 24.5 Å². The number of ether oxygens (including phenoxy) is 2. The number of benzene rings is 2. The lowest BCUT2D eigenvalue weighted by atomic mass is 10.1. The van der Waals surface area contributed by atoms with Crippen molar-refractivity contribution in [3.8, 4) is 5.75 Å². The van der Waals surface area contributed by atoms with Crippen LogP contribution >= 0.6 is 12.2 Å². The van der Waals surface area contributed by atoms with E-state index >= 15 is 0 Å². The predicted octanol–water partition coefficient (Wildman–Crippen LogP) is 3.46. The average Bonchev–Trinajstić information content (AvgIpc) is 2.59. The largest absolute Gasteiger partial charge is 0.490 e. The molecule has 2 aromatic carbocycles. The Morgan fingerprint density at radius 2 is 1.72 bits per heavy atom. The van der Waals surface area contributed by atoms with Crippen LogP contribution in [0.3, 0.4) is 0 Å². The number of carbonyl (C=O) groups is 1. The zero-order valence-electron chi connectivity index (χ0n) is 14.6. The van der Waals surface area contributed by atoms with Gasteiger partial charge in [-0.2, -0.15) is 0 Å². The van der Waals surface area contributed by atoms with Crippen molar-refractivity contribution in [3.05, 3.63) is 59.2 Å². The lowest BCUT2D eigenvalue weighted by Crippen LogP contribution is -2.34. The lowest BCUT2D eigenvalue weighted by Gasteiger charge is -2.15. The van der Waals surface area contributed by atoms with E-state index in [-0.39, 0.29) is 11.0 Å². The third-order valence-corrected chi connectivity index (χ3v) is 3.83. The molecule has 0 aliphatic rings. The van der Waals surface area contributed by atoms with Gasteiger partial charge < -0.3 is 14.8 Å². The molecule has 5 nitrogen and oxygen atoms in total. The van der Waals surface area contributed by atoms with Crippen molar-refractivity contribution in [2.24, 2.45) is 0 Å². The van der Waals surface area contributed by atoms with Crippen molar-refractivity contribution < 1.29 is 14.3 Å². The number of anilines is 1. The van der Waals surface area contributed by atoms with Gasteiger partial charge in [0.2, 0.25) is 0 Å². The maximum absolute atomic E-state index is 12.5. The van der Waals surface area contributed by atoms with Crippen LogP contribution < -0.4 is 15.4 Å². The summed E-state index contributed by atoms with van der Waals surface area (Å²) in [5.41, 5.74) is 3.43. The Balaban J connectivity index is 2.05. The highest BCUT2D eigenvalue weighted by molar-refractivity contribution is 7.80. The minimum Gasteiger partial charge on any atom is -0.490 e. The molecule has 0 aliphatic carbocycles. The van der Waals surface area contributed by atoms with E-state index in [4.69, 9.17) is 21.7 Å². The molecule has 2 aromatic rings. The van der Waals surface area contributed by atoms with Crippen LogP contribution in [-0.4, -0.2) is 31.3 Å². The van der Waals surface area contributed by atoms with Gasteiger partial charge >= 0.3 is 0 Å². The molecule has 0 aromatic heterocycles. The Morgan fingerprint density at radius 1 is 1.04 bits per heavy atom. The highest BCUT2D eigenvalue weighted by Crippen LogP contribution is 2.20. The Bertz CT molecular complexity index is 742. The molecule has 0 atom stereocenters. The third-order valence-electron chi connectivity index (χ3n) is 3.62. The summed E-state index contributed by atoms with van der Waals surface area (Å²) < 4.78 is 10.5. The molecular weight excluding hydrogens is 336 g/mol. The van der Waals surface area contributed by atoms with Gasteiger partial charge in [-0.15, -0.1) is 0 Å². The van der Waals surface area contributed by atoms with Gasteiger partial charge in [-0.05, 0) is 49.3 Å². The molecule has 132 valence electrons. The fourth-order valence-electron chi connectivity index (χ4n) is 2.34. The second-order valence-electron chi connectivity index (χ2n) is 5.51. The highest BCUT2D eigenvalue weighted by Gasteiger charge is 2.14. The summed E-state index contributed by atoms with van der Waals surface area (Å²) in [5, 5.41) is 6.03. The van der Waals surface area contributed by atoms with Crippen LogP contribution in [0.1, 0.15) is 21.5 Å². The minimum absolute atomic E-state index is 0.245. The van der Waals surface area contributed by atoms with E-state index in [2.05, 4.69) is 10.6 Å². The number of aryl methyl sites for hydroxylation is 2. The van der Waals surface area contributed by atoms with Crippen LogP contribution in [-0.2, 0) is 4.74 Å². The molecule has 0 heterocycles. The summed E-state index contributed by atoms with van der Waals surface area (Å²) >= 11 is 5.28. The number of nitrogens with one attached hydrogen (secondary N) is 2. The van der Waals surface area contributed by atoms with Crippen molar-refractivity contribution in [2.75, 3.05) is 25.6 Å². The molecule has 0 radical (unpaired) electrons. The molecule has 0 saturated carbocycles. The summed E-state index contributed by atoms with van der Waals surface area (Å²) in [6.07, 6.45) is 0. The van der Waals surface area contributed by atoms with Gasteiger partial charge in [-0.25, -0.2) is 0 Å². The zero-order valence-corrected chi connectivity index (χ0v) is 15.4. The monoisotopic (exact) mass is 358 g/mol. The summed E-state index contributed by atoms with van der Waals surface area (Å²) in [6.45, 7) is 4.78. The van der Waals surface area contributed by atoms with Gasteiger partial charge in [0.1, 0.15) is 12.4 Å². The van der Waals surface area contributed by atoms with Gasteiger partial charge in [-0.1, -0.05) is 30.3 Å². The number of thiocarbonyl (C=S) groups is 1. The van der Waals surface area contributed by atoms with Gasteiger partial charge in [0.25, 0.3) is 5.91 Å². The van der Waals surface area contributed by atoms with E-state index in [1.807, 2.05) is 38.1 Å². The Hall–Kier alpha value is -2.44. The SMILES string of the molecule is COCCOc1ccccc1C(=O)NC(=S)Nc1c(C)cccc1C. The second-order valence-corrected chi connectivity index (χ2v) is 5.92. The average molecular weight is 358 g/mol. The maximum Gasteiger partial charge on any atom is 0.261 e. The van der Waals surface area contributed by atoms with Crippen LogP contribution in [0.2, 0.25) is 0 Å². The van der Waals surface area contributed by atoms with E-state index in [0.717, 1.165) is 16.8 Å². The van der Waals surface area contributed by atoms with Crippen molar-refractivity contribution in [1.29, 1.82) is 0 Å². The van der Waals surface area contributed by atoms with Crippen LogP contribution in [0.15, 0.2) is 42.5 Å². The topological polar surface area (TPSA) is 59.6 Å². The Morgan fingerprint density at radius 3 is 2.40 bits per heavy atom. The fourth-order valence-corrected chi connectivity index (χ4v) is 2.54. The van der Waals surface area contributed by atoms with Crippen molar-refractivity contribution in [1.82, 2.24) is 5.32 Å². The number of para-hydroxylation sites is 2. The molecule has 0 bridgehead atoms. The first-order valence-corrected chi connectivity index (χ1v) is 8.33. The summed E-state index contributed by atoms with van der Waals surface area (Å²) in [7, 11) is 1.60. The molecule has 0 fully saturated rings. The van der Waals surface area contributed by atoms with Gasteiger partial charge in [-0.3, -0.25) is 10.1 Å². The number of hydrogen-bond acceptors (Lipinski definition) is 4. The molecule has 6 heteroatoms. The molecule has 0 aliphatic heterocycles. The molecule has 0 unspecified atom stereocenters. The van der Waals surface area contributed by atoms with Crippen molar-refractivity contribution in [2.45, 2.75) is 13.8 Å². The first-order valence-electron chi connectivity index (χ1n) is 7.92. The Kier molecular flexibility index (Phi) is 6.91. The molecule has 1 amide bonds. The first kappa shape index (κ1) is 18.9. The molecule has 0 spiro atoms. The lowest BCUT2D eigenvalue weighted by molar-refractivity contribution is 0.0970. The molecule has 2 rings (SSSR count). The maximum atomic E-state index is 12.5. The van der Waals surface area contributed by atoms with Gasteiger partial charge in [0, 0.05) is 12.8 Å². The standard InChI is InChI=1S/C19H22N2O3S/c1-13-7-6-8-14(2)17(13)20-19(25)21-18(22)15-9-4-5-10-16(15)24-12-11-23-3/h4-10H,11-12H2,1-3H3,(H2,20,21,22,25). The zero-order chi connectivity index (χ0) is 18.2. The summed E-state index contributed by atoms with van der Waals surface area (Å²) in [4.78, 5) is 12.5. The van der Waals surface area contributed by atoms with Crippen molar-refractivity contribution in [3.63, 3.8) is 0 Å². The van der Waals surface area contributed by atoms with E-state index in [1.165, 1.54) is 0 Å². The minimum atomic E-state index is -0.322. The summed E-state index contributed by atoms with van der Waals surface area (Å²) in [6, 6.07) is 13.0. The third kappa shape index (κ3) is 5.27. The van der Waals surface area contributed by atoms with E-state index in [9.17, 15) is 4.79 Å². The Labute approximate surface area is 153 Å². The highest BCUT2D eigenvalue weighted by atomic mass is 32.1. The quantitative estimate of drug-likeness (QED) is 0.612. The molecular formula is C19H22N2O3S. The number of amides is 1. The number of hydrogen-bond donors (Lipinski definition) is 2. The van der Waals surface area contributed by atoms with Crippen molar-refractivity contribution >= 4 is 28.9 Å². The molecule has 0 saturated heterocycles. The normalized spacial score (nSPS) is 10.2. The van der Waals surface area contributed by atoms with Crippen LogP contribution in [0.4, 0.5) is 5.69 Å². The smallest absolute Gasteiger partial charge is 0.261 e. The molecule has 25 heavy (non-hydrogen) atoms. The van der Waals surface area contributed by atoms with E-state index < -0.39 is 0 Å². The molecule has 2 N–H and O–H groups in total. The summed E-state index contributed by atoms with van der Waals surface area (Å²) in [5.74, 6) is 0.170. The van der Waals surface area contributed by atoms with E-state index in [1.54, 1.807) is 25.3 Å². The van der Waals surface area contributed by atoms with Gasteiger partial charge in [0.05, 0.1) is 12.2 Å². The van der Waals surface area contributed by atoms with Gasteiger partial charge in [0.15, 0.2) is 5.11 Å². The number of rotatable bonds is 6. The van der Waals surface area contributed by atoms with Crippen LogP contribution in [0.5, 0.6) is 5.75 Å². The number of carbonyl (C=O) groups excluding carboxylic acids is 1. The van der Waals surface area contributed by atoms with Crippen LogP contribution in [0.25, 0.3) is 0 Å². The predicted molar refractivity (Wildman–Crippen MR) is 103 cm³/mol. The fraction of sp³-hybridized carbons (Fsp3) is 0.263. The number of methoxy groups -OCH3 is 1. The first-order chi connectivity index (χ1) is 12.0. The van der Waals surface area contributed by atoms with Crippen LogP contribution in [0, 0.1) is 13.8 Å². The second kappa shape index (κ2) is 9.15.